The minimum absolute atomic E-state index is 0.460. The van der Waals surface area contributed by atoms with Crippen LogP contribution in [0.4, 0.5) is 0 Å². The summed E-state index contributed by atoms with van der Waals surface area (Å²) < 4.78 is 14.1. The summed E-state index contributed by atoms with van der Waals surface area (Å²) in [6.07, 6.45) is 3.09. The predicted octanol–water partition coefficient (Wildman–Crippen LogP) is 5.20. The van der Waals surface area contributed by atoms with Crippen molar-refractivity contribution in [2.24, 2.45) is 0 Å². The van der Waals surface area contributed by atoms with E-state index in [0.29, 0.717) is 12.5 Å². The first kappa shape index (κ1) is 22.8. The van der Waals surface area contributed by atoms with Crippen LogP contribution in [0.1, 0.15) is 49.6 Å². The highest BCUT2D eigenvalue weighted by Gasteiger charge is 2.14. The molecule has 0 bridgehead atoms. The Morgan fingerprint density at radius 2 is 1.84 bits per heavy atom. The van der Waals surface area contributed by atoms with Crippen molar-refractivity contribution in [3.05, 3.63) is 59.4 Å². The fraction of sp³-hybridized carbons (Fsp3) is 0.519. The molecule has 1 fully saturated rings. The van der Waals surface area contributed by atoms with Crippen LogP contribution in [0.2, 0.25) is 0 Å². The molecule has 0 unspecified atom stereocenters. The Kier molecular flexibility index (Phi) is 7.82. The second-order valence-electron chi connectivity index (χ2n) is 9.12. The number of rotatable bonds is 10. The Bertz CT molecular complexity index is 1010. The molecule has 0 amide bonds. The highest BCUT2D eigenvalue weighted by Crippen LogP contribution is 2.27. The lowest BCUT2D eigenvalue weighted by molar-refractivity contribution is 0.0374. The third-order valence-corrected chi connectivity index (χ3v) is 6.29. The topological polar surface area (TPSA) is 39.5 Å². The molecule has 1 aliphatic rings. The molecule has 0 aliphatic carbocycles. The first-order valence-corrected chi connectivity index (χ1v) is 12.1. The Labute approximate surface area is 192 Å². The number of para-hydroxylation sites is 2. The van der Waals surface area contributed by atoms with Gasteiger partial charge in [-0.05, 0) is 61.6 Å². The van der Waals surface area contributed by atoms with Crippen LogP contribution in [0.5, 0.6) is 5.75 Å². The molecule has 2 aromatic carbocycles. The number of fused-ring (bicyclic) bond motifs is 1. The molecule has 172 valence electrons. The fourth-order valence-corrected chi connectivity index (χ4v) is 4.50. The molecule has 0 atom stereocenters. The monoisotopic (exact) mass is 435 g/mol. The van der Waals surface area contributed by atoms with E-state index in [1.807, 2.05) is 0 Å². The molecule has 2 heterocycles. The second-order valence-corrected chi connectivity index (χ2v) is 9.12. The van der Waals surface area contributed by atoms with E-state index >= 15 is 0 Å². The van der Waals surface area contributed by atoms with Crippen LogP contribution in [0.3, 0.4) is 0 Å². The second kappa shape index (κ2) is 11.0. The highest BCUT2D eigenvalue weighted by molar-refractivity contribution is 5.75. The lowest BCUT2D eigenvalue weighted by atomic mass is 10.0. The zero-order chi connectivity index (χ0) is 22.3. The lowest BCUT2D eigenvalue weighted by Crippen LogP contribution is -2.37. The number of morpholine rings is 1. The number of hydrogen-bond acceptors (Lipinski definition) is 4. The molecule has 0 N–H and O–H groups in total. The van der Waals surface area contributed by atoms with Crippen molar-refractivity contribution in [1.82, 2.24) is 14.5 Å². The van der Waals surface area contributed by atoms with Gasteiger partial charge in [0.05, 0.1) is 30.9 Å². The molecule has 1 aliphatic heterocycles. The van der Waals surface area contributed by atoms with Gasteiger partial charge in [0.1, 0.15) is 11.6 Å². The molecule has 0 spiro atoms. The standard InChI is InChI=1S/C27H37N3O2/c1-21(2)23-12-11-22(3)20-26(23)32-17-7-14-30-25-9-5-4-8-24(25)28-27(30)10-6-13-29-15-18-31-19-16-29/h4-5,8-9,11-12,20-21H,6-7,10,13-19H2,1-3H3. The largest absolute Gasteiger partial charge is 0.493 e. The first-order valence-electron chi connectivity index (χ1n) is 12.1. The zero-order valence-electron chi connectivity index (χ0n) is 19.8. The molecule has 1 aromatic heterocycles. The van der Waals surface area contributed by atoms with Crippen molar-refractivity contribution in [1.29, 1.82) is 0 Å². The molecule has 5 nitrogen and oxygen atoms in total. The van der Waals surface area contributed by atoms with E-state index in [9.17, 15) is 0 Å². The number of benzene rings is 2. The van der Waals surface area contributed by atoms with Crippen LogP contribution >= 0.6 is 0 Å². The molecule has 3 aromatic rings. The van der Waals surface area contributed by atoms with E-state index in [1.165, 1.54) is 22.5 Å². The maximum absolute atomic E-state index is 6.24. The average Bonchev–Trinajstić information content (AvgIpc) is 3.14. The van der Waals surface area contributed by atoms with E-state index in [-0.39, 0.29) is 0 Å². The lowest BCUT2D eigenvalue weighted by Gasteiger charge is -2.26. The number of ether oxygens (including phenoxy) is 2. The van der Waals surface area contributed by atoms with Crippen molar-refractivity contribution in [3.8, 4) is 5.75 Å². The van der Waals surface area contributed by atoms with Gasteiger partial charge in [-0.1, -0.05) is 38.1 Å². The van der Waals surface area contributed by atoms with Gasteiger partial charge >= 0.3 is 0 Å². The highest BCUT2D eigenvalue weighted by atomic mass is 16.5. The van der Waals surface area contributed by atoms with Crippen molar-refractivity contribution in [3.63, 3.8) is 0 Å². The third kappa shape index (κ3) is 5.70. The van der Waals surface area contributed by atoms with Crippen LogP contribution < -0.4 is 4.74 Å². The summed E-state index contributed by atoms with van der Waals surface area (Å²) in [5.74, 6) is 2.68. The number of imidazole rings is 1. The normalized spacial score (nSPS) is 15.0. The van der Waals surface area contributed by atoms with Crippen LogP contribution in [0.25, 0.3) is 11.0 Å². The number of nitrogens with zero attached hydrogens (tertiary/aromatic N) is 3. The summed E-state index contributed by atoms with van der Waals surface area (Å²) in [4.78, 5) is 7.46. The quantitative estimate of drug-likeness (QED) is 0.410. The predicted molar refractivity (Wildman–Crippen MR) is 131 cm³/mol. The molecule has 5 heteroatoms. The maximum Gasteiger partial charge on any atom is 0.123 e. The van der Waals surface area contributed by atoms with E-state index in [1.54, 1.807) is 0 Å². The van der Waals surface area contributed by atoms with Crippen molar-refractivity contribution < 1.29 is 9.47 Å². The van der Waals surface area contributed by atoms with Crippen LogP contribution in [-0.4, -0.2) is 53.9 Å². The zero-order valence-corrected chi connectivity index (χ0v) is 19.8. The number of hydrogen-bond donors (Lipinski definition) is 0. The molecule has 0 saturated carbocycles. The van der Waals surface area contributed by atoms with Gasteiger partial charge in [-0.15, -0.1) is 0 Å². The van der Waals surface area contributed by atoms with Gasteiger partial charge in [0.2, 0.25) is 0 Å². The van der Waals surface area contributed by atoms with E-state index in [4.69, 9.17) is 14.5 Å². The third-order valence-electron chi connectivity index (χ3n) is 6.29. The van der Waals surface area contributed by atoms with Gasteiger partial charge < -0.3 is 14.0 Å². The van der Waals surface area contributed by atoms with Crippen molar-refractivity contribution >= 4 is 11.0 Å². The molecule has 1 saturated heterocycles. The van der Waals surface area contributed by atoms with E-state index in [0.717, 1.165) is 69.9 Å². The SMILES string of the molecule is Cc1ccc(C(C)C)c(OCCCn2c(CCCN3CCOCC3)nc3ccccc32)c1. The Morgan fingerprint density at radius 3 is 2.66 bits per heavy atom. The smallest absolute Gasteiger partial charge is 0.123 e. The van der Waals surface area contributed by atoms with E-state index < -0.39 is 0 Å². The number of aromatic nitrogens is 2. The molecular weight excluding hydrogens is 398 g/mol. The summed E-state index contributed by atoms with van der Waals surface area (Å²) in [5.41, 5.74) is 4.85. The van der Waals surface area contributed by atoms with Gasteiger partial charge in [0, 0.05) is 26.1 Å². The molecule has 32 heavy (non-hydrogen) atoms. The van der Waals surface area contributed by atoms with Crippen LogP contribution in [0, 0.1) is 6.92 Å². The minimum Gasteiger partial charge on any atom is -0.493 e. The molecule has 4 rings (SSSR count). The summed E-state index contributed by atoms with van der Waals surface area (Å²) in [6, 6.07) is 15.0. The Morgan fingerprint density at radius 1 is 1.03 bits per heavy atom. The summed E-state index contributed by atoms with van der Waals surface area (Å²) in [7, 11) is 0. The molecule has 0 radical (unpaired) electrons. The van der Waals surface area contributed by atoms with Gasteiger partial charge in [-0.25, -0.2) is 4.98 Å². The number of aryl methyl sites for hydroxylation is 3. The van der Waals surface area contributed by atoms with Crippen LogP contribution in [0.15, 0.2) is 42.5 Å². The summed E-state index contributed by atoms with van der Waals surface area (Å²) in [5, 5.41) is 0. The summed E-state index contributed by atoms with van der Waals surface area (Å²) >= 11 is 0. The Hall–Kier alpha value is -2.37. The van der Waals surface area contributed by atoms with Gasteiger partial charge in [-0.2, -0.15) is 0 Å². The van der Waals surface area contributed by atoms with Crippen molar-refractivity contribution in [2.75, 3.05) is 39.5 Å². The van der Waals surface area contributed by atoms with Crippen molar-refractivity contribution in [2.45, 2.75) is 52.5 Å². The summed E-state index contributed by atoms with van der Waals surface area (Å²) in [6.45, 7) is 13.1. The van der Waals surface area contributed by atoms with Crippen LogP contribution in [-0.2, 0) is 17.7 Å². The minimum atomic E-state index is 0.460. The first-order chi connectivity index (χ1) is 15.6. The van der Waals surface area contributed by atoms with Gasteiger partial charge in [0.15, 0.2) is 0 Å². The van der Waals surface area contributed by atoms with E-state index in [2.05, 4.69) is 72.7 Å². The van der Waals surface area contributed by atoms with Gasteiger partial charge in [-0.3, -0.25) is 4.90 Å². The Balaban J connectivity index is 1.38. The van der Waals surface area contributed by atoms with Gasteiger partial charge in [0.25, 0.3) is 0 Å². The molecular formula is C27H37N3O2. The fourth-order valence-electron chi connectivity index (χ4n) is 4.50. The maximum atomic E-state index is 6.24. The average molecular weight is 436 g/mol.